The van der Waals surface area contributed by atoms with Crippen LogP contribution < -0.4 is 0 Å². The van der Waals surface area contributed by atoms with Gasteiger partial charge >= 0.3 is 0 Å². The number of Topliss-reactive ketones (excluding diaryl/α,β-unsaturated/α-hetero) is 1. The van der Waals surface area contributed by atoms with E-state index in [4.69, 9.17) is 5.11 Å². The standard InChI is InChI=1S/C14H28O2/c1-4-7-8-9-12(5-2)10-13(6-3)14(16)11-15/h12-13,15H,4-11H2,1-3H3. The van der Waals surface area contributed by atoms with Crippen LogP contribution in [0, 0.1) is 11.8 Å². The zero-order chi connectivity index (χ0) is 12.4. The van der Waals surface area contributed by atoms with Crippen molar-refractivity contribution in [3.63, 3.8) is 0 Å². The van der Waals surface area contributed by atoms with Gasteiger partial charge in [-0.1, -0.05) is 52.9 Å². The average Bonchev–Trinajstić information content (AvgIpc) is 2.32. The maximum absolute atomic E-state index is 11.5. The fourth-order valence-corrected chi connectivity index (χ4v) is 2.23. The average molecular weight is 228 g/mol. The predicted octanol–water partition coefficient (Wildman–Crippen LogP) is 3.57. The minimum atomic E-state index is -0.288. The van der Waals surface area contributed by atoms with Gasteiger partial charge in [-0.25, -0.2) is 0 Å². The van der Waals surface area contributed by atoms with E-state index < -0.39 is 0 Å². The SMILES string of the molecule is CCCCCC(CC)CC(CC)C(=O)CO. The van der Waals surface area contributed by atoms with Crippen molar-refractivity contribution < 1.29 is 9.90 Å². The molecule has 0 aliphatic carbocycles. The number of aliphatic hydroxyl groups is 1. The first-order valence-electron chi connectivity index (χ1n) is 6.83. The summed E-state index contributed by atoms with van der Waals surface area (Å²) in [6, 6.07) is 0. The summed E-state index contributed by atoms with van der Waals surface area (Å²) in [5.41, 5.74) is 0. The summed E-state index contributed by atoms with van der Waals surface area (Å²) in [5.74, 6) is 0.764. The van der Waals surface area contributed by atoms with Gasteiger partial charge in [0.1, 0.15) is 6.61 Å². The van der Waals surface area contributed by atoms with E-state index in [2.05, 4.69) is 13.8 Å². The number of aliphatic hydroxyl groups excluding tert-OH is 1. The van der Waals surface area contributed by atoms with Crippen molar-refractivity contribution in [2.45, 2.75) is 65.7 Å². The summed E-state index contributed by atoms with van der Waals surface area (Å²) >= 11 is 0. The summed E-state index contributed by atoms with van der Waals surface area (Å²) in [5, 5.41) is 8.89. The minimum Gasteiger partial charge on any atom is -0.389 e. The lowest BCUT2D eigenvalue weighted by molar-refractivity contribution is -0.126. The van der Waals surface area contributed by atoms with Crippen LogP contribution in [0.5, 0.6) is 0 Å². The fraction of sp³-hybridized carbons (Fsp3) is 0.929. The molecule has 0 radical (unpaired) electrons. The first-order chi connectivity index (χ1) is 7.69. The van der Waals surface area contributed by atoms with Crippen LogP contribution in [-0.2, 0) is 4.79 Å². The Labute approximate surface area is 100 Å². The van der Waals surface area contributed by atoms with Gasteiger partial charge in [0, 0.05) is 5.92 Å². The zero-order valence-corrected chi connectivity index (χ0v) is 11.2. The van der Waals surface area contributed by atoms with E-state index >= 15 is 0 Å². The molecular weight excluding hydrogens is 200 g/mol. The van der Waals surface area contributed by atoms with Crippen LogP contribution in [0.1, 0.15) is 65.7 Å². The van der Waals surface area contributed by atoms with E-state index in [1.54, 1.807) is 0 Å². The Morgan fingerprint density at radius 1 is 1.12 bits per heavy atom. The second-order valence-corrected chi connectivity index (χ2v) is 4.74. The first kappa shape index (κ1) is 15.6. The number of hydrogen-bond acceptors (Lipinski definition) is 2. The van der Waals surface area contributed by atoms with Gasteiger partial charge in [-0.05, 0) is 18.8 Å². The van der Waals surface area contributed by atoms with Crippen molar-refractivity contribution in [1.29, 1.82) is 0 Å². The molecule has 2 atom stereocenters. The molecule has 1 N–H and O–H groups in total. The molecular formula is C14H28O2. The third-order valence-corrected chi connectivity index (χ3v) is 3.52. The van der Waals surface area contributed by atoms with E-state index in [1.165, 1.54) is 25.7 Å². The van der Waals surface area contributed by atoms with Gasteiger partial charge in [0.2, 0.25) is 0 Å². The molecule has 0 aromatic heterocycles. The first-order valence-corrected chi connectivity index (χ1v) is 6.83. The van der Waals surface area contributed by atoms with E-state index in [0.29, 0.717) is 5.92 Å². The number of ketones is 1. The van der Waals surface area contributed by atoms with Crippen molar-refractivity contribution in [2.24, 2.45) is 11.8 Å². The van der Waals surface area contributed by atoms with Crippen LogP contribution in [0.4, 0.5) is 0 Å². The summed E-state index contributed by atoms with van der Waals surface area (Å²) < 4.78 is 0. The Morgan fingerprint density at radius 2 is 1.81 bits per heavy atom. The summed E-state index contributed by atoms with van der Waals surface area (Å²) in [6.07, 6.45) is 8.04. The molecule has 0 saturated heterocycles. The maximum atomic E-state index is 11.5. The monoisotopic (exact) mass is 228 g/mol. The summed E-state index contributed by atoms with van der Waals surface area (Å²) in [6.45, 7) is 6.17. The number of carbonyl (C=O) groups excluding carboxylic acids is 1. The van der Waals surface area contributed by atoms with Crippen molar-refractivity contribution >= 4 is 5.78 Å². The van der Waals surface area contributed by atoms with Crippen LogP contribution >= 0.6 is 0 Å². The molecule has 0 aromatic rings. The van der Waals surface area contributed by atoms with E-state index in [9.17, 15) is 4.79 Å². The summed E-state index contributed by atoms with van der Waals surface area (Å²) in [4.78, 5) is 11.5. The Balaban J connectivity index is 4.01. The molecule has 0 aliphatic rings. The minimum absolute atomic E-state index is 0.0245. The predicted molar refractivity (Wildman–Crippen MR) is 68.4 cm³/mol. The highest BCUT2D eigenvalue weighted by Crippen LogP contribution is 2.24. The van der Waals surface area contributed by atoms with E-state index in [0.717, 1.165) is 19.3 Å². The van der Waals surface area contributed by atoms with Crippen molar-refractivity contribution in [3.05, 3.63) is 0 Å². The van der Waals surface area contributed by atoms with Gasteiger partial charge in [-0.3, -0.25) is 4.79 Å². The number of unbranched alkanes of at least 4 members (excludes halogenated alkanes) is 2. The molecule has 16 heavy (non-hydrogen) atoms. The van der Waals surface area contributed by atoms with Crippen molar-refractivity contribution in [1.82, 2.24) is 0 Å². The molecule has 2 unspecified atom stereocenters. The Morgan fingerprint density at radius 3 is 2.25 bits per heavy atom. The van der Waals surface area contributed by atoms with Gasteiger partial charge in [0.25, 0.3) is 0 Å². The Hall–Kier alpha value is -0.370. The highest BCUT2D eigenvalue weighted by molar-refractivity contribution is 5.81. The van der Waals surface area contributed by atoms with Gasteiger partial charge in [0.15, 0.2) is 5.78 Å². The van der Waals surface area contributed by atoms with E-state index in [1.807, 2.05) is 6.92 Å². The lowest BCUT2D eigenvalue weighted by Crippen LogP contribution is -2.20. The van der Waals surface area contributed by atoms with Crippen LogP contribution in [0.2, 0.25) is 0 Å². The quantitative estimate of drug-likeness (QED) is 0.580. The molecule has 0 aromatic carbocycles. The van der Waals surface area contributed by atoms with Crippen LogP contribution in [0.15, 0.2) is 0 Å². The molecule has 0 bridgehead atoms. The van der Waals surface area contributed by atoms with Gasteiger partial charge < -0.3 is 5.11 Å². The number of rotatable bonds is 10. The second-order valence-electron chi connectivity index (χ2n) is 4.74. The van der Waals surface area contributed by atoms with Crippen LogP contribution in [0.3, 0.4) is 0 Å². The number of carbonyl (C=O) groups is 1. The largest absolute Gasteiger partial charge is 0.389 e. The highest BCUT2D eigenvalue weighted by atomic mass is 16.3. The maximum Gasteiger partial charge on any atom is 0.161 e. The van der Waals surface area contributed by atoms with Gasteiger partial charge in [-0.2, -0.15) is 0 Å². The van der Waals surface area contributed by atoms with Gasteiger partial charge in [0.05, 0.1) is 0 Å². The topological polar surface area (TPSA) is 37.3 Å². The Bertz CT molecular complexity index is 178. The molecule has 0 rings (SSSR count). The van der Waals surface area contributed by atoms with Crippen LogP contribution in [-0.4, -0.2) is 17.5 Å². The van der Waals surface area contributed by atoms with Crippen molar-refractivity contribution in [3.8, 4) is 0 Å². The molecule has 0 fully saturated rings. The van der Waals surface area contributed by atoms with E-state index in [-0.39, 0.29) is 18.3 Å². The molecule has 0 aliphatic heterocycles. The Kier molecular flexibility index (Phi) is 9.60. The van der Waals surface area contributed by atoms with Crippen molar-refractivity contribution in [2.75, 3.05) is 6.61 Å². The summed E-state index contributed by atoms with van der Waals surface area (Å²) in [7, 11) is 0. The third kappa shape index (κ3) is 6.26. The van der Waals surface area contributed by atoms with Crippen LogP contribution in [0.25, 0.3) is 0 Å². The molecule has 0 spiro atoms. The molecule has 0 saturated carbocycles. The smallest absolute Gasteiger partial charge is 0.161 e. The molecule has 2 heteroatoms. The van der Waals surface area contributed by atoms with Gasteiger partial charge in [-0.15, -0.1) is 0 Å². The molecule has 96 valence electrons. The molecule has 0 heterocycles. The highest BCUT2D eigenvalue weighted by Gasteiger charge is 2.19. The molecule has 2 nitrogen and oxygen atoms in total. The third-order valence-electron chi connectivity index (χ3n) is 3.52. The lowest BCUT2D eigenvalue weighted by atomic mass is 9.85. The number of hydrogen-bond donors (Lipinski definition) is 1. The molecule has 0 amide bonds. The normalized spacial score (nSPS) is 14.8. The zero-order valence-electron chi connectivity index (χ0n) is 11.2. The fourth-order valence-electron chi connectivity index (χ4n) is 2.23. The lowest BCUT2D eigenvalue weighted by Gasteiger charge is -2.20. The second kappa shape index (κ2) is 9.83.